The van der Waals surface area contributed by atoms with Gasteiger partial charge in [0.1, 0.15) is 0 Å². The van der Waals surface area contributed by atoms with Gasteiger partial charge in [-0.25, -0.2) is 0 Å². The van der Waals surface area contributed by atoms with E-state index in [0.717, 1.165) is 12.2 Å². The summed E-state index contributed by atoms with van der Waals surface area (Å²) in [6.07, 6.45) is 1.91. The van der Waals surface area contributed by atoms with E-state index in [1.165, 1.54) is 21.6 Å². The predicted molar refractivity (Wildman–Crippen MR) is 88.3 cm³/mol. The van der Waals surface area contributed by atoms with Crippen molar-refractivity contribution in [1.82, 2.24) is 15.5 Å². The van der Waals surface area contributed by atoms with Crippen molar-refractivity contribution in [3.63, 3.8) is 0 Å². The van der Waals surface area contributed by atoms with Crippen molar-refractivity contribution in [2.24, 2.45) is 0 Å². The first kappa shape index (κ1) is 14.0. The number of aromatic amines is 1. The molecule has 108 valence electrons. The molecule has 2 aromatic heterocycles. The standard InChI is InChI=1S/C17H19N3S/c1-12-5-7-14(8-6-12)17-15(11-19-20-17)10-18-13(2)16-4-3-9-21-16/h3-9,11,13,18H,10H2,1-2H3,(H,19,20). The number of hydrogen-bond acceptors (Lipinski definition) is 3. The molecule has 1 unspecified atom stereocenters. The van der Waals surface area contributed by atoms with Gasteiger partial charge in [-0.3, -0.25) is 5.10 Å². The molecule has 1 atom stereocenters. The molecule has 0 saturated heterocycles. The van der Waals surface area contributed by atoms with Crippen LogP contribution in [0.4, 0.5) is 0 Å². The van der Waals surface area contributed by atoms with Crippen LogP contribution >= 0.6 is 11.3 Å². The molecule has 21 heavy (non-hydrogen) atoms. The van der Waals surface area contributed by atoms with Crippen molar-refractivity contribution < 1.29 is 0 Å². The van der Waals surface area contributed by atoms with Crippen molar-refractivity contribution >= 4 is 11.3 Å². The number of aromatic nitrogens is 2. The van der Waals surface area contributed by atoms with Gasteiger partial charge in [0.2, 0.25) is 0 Å². The van der Waals surface area contributed by atoms with Crippen LogP contribution in [0.15, 0.2) is 48.0 Å². The Bertz CT molecular complexity index is 683. The highest BCUT2D eigenvalue weighted by Crippen LogP contribution is 2.23. The maximum absolute atomic E-state index is 4.20. The fourth-order valence-electron chi connectivity index (χ4n) is 2.32. The molecule has 4 heteroatoms. The second-order valence-corrected chi connectivity index (χ2v) is 6.23. The summed E-state index contributed by atoms with van der Waals surface area (Å²) in [5.41, 5.74) is 4.74. The van der Waals surface area contributed by atoms with Gasteiger partial charge in [-0.2, -0.15) is 5.10 Å². The van der Waals surface area contributed by atoms with E-state index in [1.807, 2.05) is 6.20 Å². The number of rotatable bonds is 5. The minimum Gasteiger partial charge on any atom is -0.305 e. The molecule has 2 N–H and O–H groups in total. The van der Waals surface area contributed by atoms with Crippen LogP contribution < -0.4 is 5.32 Å². The molecule has 3 rings (SSSR count). The van der Waals surface area contributed by atoms with E-state index < -0.39 is 0 Å². The number of benzene rings is 1. The summed E-state index contributed by atoms with van der Waals surface area (Å²) in [4.78, 5) is 1.36. The lowest BCUT2D eigenvalue weighted by Gasteiger charge is -2.12. The van der Waals surface area contributed by atoms with Crippen LogP contribution in [-0.4, -0.2) is 10.2 Å². The third-order valence-electron chi connectivity index (χ3n) is 3.63. The van der Waals surface area contributed by atoms with E-state index >= 15 is 0 Å². The Morgan fingerprint density at radius 3 is 2.76 bits per heavy atom. The molecule has 2 heterocycles. The first-order valence-corrected chi connectivity index (χ1v) is 7.98. The molecule has 0 aliphatic heterocycles. The molecule has 1 aromatic carbocycles. The topological polar surface area (TPSA) is 40.7 Å². The van der Waals surface area contributed by atoms with Crippen molar-refractivity contribution in [3.8, 4) is 11.3 Å². The van der Waals surface area contributed by atoms with Gasteiger partial charge in [0, 0.05) is 23.0 Å². The fraction of sp³-hybridized carbons (Fsp3) is 0.235. The molecular weight excluding hydrogens is 278 g/mol. The van der Waals surface area contributed by atoms with Crippen molar-refractivity contribution in [1.29, 1.82) is 0 Å². The van der Waals surface area contributed by atoms with Gasteiger partial charge in [0.05, 0.1) is 11.9 Å². The van der Waals surface area contributed by atoms with Crippen LogP contribution in [0.5, 0.6) is 0 Å². The summed E-state index contributed by atoms with van der Waals surface area (Å²) < 4.78 is 0. The number of aryl methyl sites for hydroxylation is 1. The highest BCUT2D eigenvalue weighted by Gasteiger charge is 2.10. The number of H-pyrrole nitrogens is 1. The van der Waals surface area contributed by atoms with E-state index in [1.54, 1.807) is 11.3 Å². The Labute approximate surface area is 129 Å². The highest BCUT2D eigenvalue weighted by atomic mass is 32.1. The van der Waals surface area contributed by atoms with Crippen LogP contribution in [-0.2, 0) is 6.54 Å². The fourth-order valence-corrected chi connectivity index (χ4v) is 3.08. The minimum atomic E-state index is 0.353. The predicted octanol–water partition coefficient (Wildman–Crippen LogP) is 4.30. The molecule has 0 aliphatic rings. The minimum absolute atomic E-state index is 0.353. The Morgan fingerprint density at radius 2 is 2.05 bits per heavy atom. The van der Waals surface area contributed by atoms with Gasteiger partial charge in [-0.1, -0.05) is 35.9 Å². The summed E-state index contributed by atoms with van der Waals surface area (Å²) >= 11 is 1.78. The summed E-state index contributed by atoms with van der Waals surface area (Å²) in [7, 11) is 0. The Morgan fingerprint density at radius 1 is 1.24 bits per heavy atom. The number of thiophene rings is 1. The Hall–Kier alpha value is -1.91. The Balaban J connectivity index is 1.72. The second-order valence-electron chi connectivity index (χ2n) is 5.25. The number of nitrogens with zero attached hydrogens (tertiary/aromatic N) is 1. The number of nitrogens with one attached hydrogen (secondary N) is 2. The molecule has 0 saturated carbocycles. The summed E-state index contributed by atoms with van der Waals surface area (Å²) in [6, 6.07) is 13.1. The lowest BCUT2D eigenvalue weighted by Crippen LogP contribution is -2.17. The third kappa shape index (κ3) is 3.23. The van der Waals surface area contributed by atoms with Crippen molar-refractivity contribution in [2.75, 3.05) is 0 Å². The quantitative estimate of drug-likeness (QED) is 0.737. The van der Waals surface area contributed by atoms with Gasteiger partial charge in [-0.15, -0.1) is 11.3 Å². The van der Waals surface area contributed by atoms with Crippen LogP contribution in [0.2, 0.25) is 0 Å². The maximum atomic E-state index is 4.20. The van der Waals surface area contributed by atoms with E-state index in [9.17, 15) is 0 Å². The van der Waals surface area contributed by atoms with Gasteiger partial charge in [0.15, 0.2) is 0 Å². The van der Waals surface area contributed by atoms with Gasteiger partial charge >= 0.3 is 0 Å². The maximum Gasteiger partial charge on any atom is 0.0695 e. The lowest BCUT2D eigenvalue weighted by molar-refractivity contribution is 0.583. The molecule has 0 spiro atoms. The third-order valence-corrected chi connectivity index (χ3v) is 4.68. The van der Waals surface area contributed by atoms with Crippen LogP contribution in [0, 0.1) is 6.92 Å². The summed E-state index contributed by atoms with van der Waals surface area (Å²) in [5, 5.41) is 13.0. The summed E-state index contributed by atoms with van der Waals surface area (Å²) in [5.74, 6) is 0. The van der Waals surface area contributed by atoms with Crippen LogP contribution in [0.25, 0.3) is 11.3 Å². The smallest absolute Gasteiger partial charge is 0.0695 e. The molecule has 0 amide bonds. The van der Waals surface area contributed by atoms with Crippen LogP contribution in [0.1, 0.15) is 29.0 Å². The van der Waals surface area contributed by atoms with Gasteiger partial charge < -0.3 is 5.32 Å². The molecule has 0 bridgehead atoms. The highest BCUT2D eigenvalue weighted by molar-refractivity contribution is 7.10. The molecule has 0 aliphatic carbocycles. The molecule has 3 aromatic rings. The largest absolute Gasteiger partial charge is 0.305 e. The Kier molecular flexibility index (Phi) is 4.18. The monoisotopic (exact) mass is 297 g/mol. The van der Waals surface area contributed by atoms with Gasteiger partial charge in [0.25, 0.3) is 0 Å². The molecule has 0 fully saturated rings. The van der Waals surface area contributed by atoms with Gasteiger partial charge in [-0.05, 0) is 30.9 Å². The first-order valence-electron chi connectivity index (χ1n) is 7.10. The molecule has 3 nitrogen and oxygen atoms in total. The average molecular weight is 297 g/mol. The first-order chi connectivity index (χ1) is 10.2. The van der Waals surface area contributed by atoms with Crippen molar-refractivity contribution in [3.05, 3.63) is 64.0 Å². The normalized spacial score (nSPS) is 12.5. The summed E-state index contributed by atoms with van der Waals surface area (Å²) in [6.45, 7) is 5.10. The number of hydrogen-bond donors (Lipinski definition) is 2. The zero-order valence-electron chi connectivity index (χ0n) is 12.3. The van der Waals surface area contributed by atoms with E-state index in [4.69, 9.17) is 0 Å². The zero-order valence-corrected chi connectivity index (χ0v) is 13.1. The SMILES string of the molecule is Cc1ccc(-c2[nH]ncc2CNC(C)c2cccs2)cc1. The van der Waals surface area contributed by atoms with E-state index in [2.05, 4.69) is 71.1 Å². The zero-order chi connectivity index (χ0) is 14.7. The lowest BCUT2D eigenvalue weighted by atomic mass is 10.1. The van der Waals surface area contributed by atoms with E-state index in [0.29, 0.717) is 6.04 Å². The molecular formula is C17H19N3S. The van der Waals surface area contributed by atoms with Crippen molar-refractivity contribution in [2.45, 2.75) is 26.4 Å². The molecule has 0 radical (unpaired) electrons. The van der Waals surface area contributed by atoms with Crippen LogP contribution in [0.3, 0.4) is 0 Å². The second kappa shape index (κ2) is 6.24. The van der Waals surface area contributed by atoms with E-state index in [-0.39, 0.29) is 0 Å². The average Bonchev–Trinajstić information content (AvgIpc) is 3.17.